The van der Waals surface area contributed by atoms with Gasteiger partial charge in [-0.3, -0.25) is 4.79 Å². The molecule has 0 saturated carbocycles. The number of likely N-dealkylation sites (tertiary alicyclic amines) is 1. The molecule has 2 unspecified atom stereocenters. The second-order valence-corrected chi connectivity index (χ2v) is 9.73. The fourth-order valence-electron chi connectivity index (χ4n) is 5.09. The molecule has 8 heteroatoms. The number of benzene rings is 3. The second-order valence-electron chi connectivity index (χ2n) is 9.73. The van der Waals surface area contributed by atoms with E-state index < -0.39 is 12.1 Å². The molecule has 5 rings (SSSR count). The van der Waals surface area contributed by atoms with Crippen LogP contribution in [0, 0.1) is 0 Å². The number of H-pyrrole nitrogens is 1. The van der Waals surface area contributed by atoms with E-state index in [0.29, 0.717) is 19.5 Å². The quantitative estimate of drug-likeness (QED) is 0.306. The molecule has 1 aromatic heterocycles. The Morgan fingerprint density at radius 2 is 1.67 bits per heavy atom. The zero-order valence-electron chi connectivity index (χ0n) is 22.0. The number of ether oxygens (including phenoxy) is 1. The lowest BCUT2D eigenvalue weighted by Gasteiger charge is -2.28. The summed E-state index contributed by atoms with van der Waals surface area (Å²) in [4.78, 5) is 35.8. The van der Waals surface area contributed by atoms with Gasteiger partial charge in [0.1, 0.15) is 11.9 Å². The lowest BCUT2D eigenvalue weighted by atomic mass is 10.0. The zero-order chi connectivity index (χ0) is 27.2. The number of carbonyl (C=O) groups is 2. The molecule has 39 heavy (non-hydrogen) atoms. The van der Waals surface area contributed by atoms with Gasteiger partial charge in [-0.15, -0.1) is 0 Å². The van der Waals surface area contributed by atoms with Crippen LogP contribution in [0.5, 0.6) is 0 Å². The van der Waals surface area contributed by atoms with Crippen LogP contribution in [0.25, 0.3) is 22.4 Å². The fraction of sp³-hybridized carbons (Fsp3) is 0.258. The molecule has 4 aromatic rings. The van der Waals surface area contributed by atoms with Crippen molar-refractivity contribution < 1.29 is 14.3 Å². The highest BCUT2D eigenvalue weighted by molar-refractivity contribution is 5.86. The lowest BCUT2D eigenvalue weighted by molar-refractivity contribution is -0.134. The summed E-state index contributed by atoms with van der Waals surface area (Å²) in [5.41, 5.74) is 11.9. The van der Waals surface area contributed by atoms with Crippen LogP contribution in [0.2, 0.25) is 0 Å². The number of hydrogen-bond donors (Lipinski definition) is 3. The number of alkyl carbamates (subject to hydrolysis) is 1. The van der Waals surface area contributed by atoms with Crippen molar-refractivity contribution in [2.24, 2.45) is 5.73 Å². The molecule has 1 aliphatic rings. The predicted molar refractivity (Wildman–Crippen MR) is 151 cm³/mol. The number of methoxy groups -OCH3 is 1. The molecule has 2 heterocycles. The van der Waals surface area contributed by atoms with Gasteiger partial charge in [-0.1, -0.05) is 78.9 Å². The van der Waals surface area contributed by atoms with Gasteiger partial charge in [-0.05, 0) is 40.7 Å². The van der Waals surface area contributed by atoms with E-state index in [0.717, 1.165) is 46.6 Å². The maximum Gasteiger partial charge on any atom is 0.407 e. The summed E-state index contributed by atoms with van der Waals surface area (Å²) < 4.78 is 4.81. The van der Waals surface area contributed by atoms with Gasteiger partial charge < -0.3 is 25.7 Å². The minimum atomic E-state index is -0.762. The number of nitrogens with one attached hydrogen (secondary N) is 2. The molecule has 1 saturated heterocycles. The van der Waals surface area contributed by atoms with Crippen molar-refractivity contribution in [2.75, 3.05) is 13.7 Å². The molecule has 1 fully saturated rings. The van der Waals surface area contributed by atoms with E-state index in [1.165, 1.54) is 12.7 Å². The second kappa shape index (κ2) is 12.0. The van der Waals surface area contributed by atoms with Crippen molar-refractivity contribution in [2.45, 2.75) is 37.9 Å². The van der Waals surface area contributed by atoms with Gasteiger partial charge in [0.15, 0.2) is 0 Å². The normalized spacial score (nSPS) is 15.6. The molecular weight excluding hydrogens is 490 g/mol. The number of aromatic nitrogens is 2. The van der Waals surface area contributed by atoms with Crippen molar-refractivity contribution in [3.63, 3.8) is 0 Å². The van der Waals surface area contributed by atoms with Gasteiger partial charge in [0.05, 0.1) is 25.0 Å². The van der Waals surface area contributed by atoms with Gasteiger partial charge in [-0.25, -0.2) is 9.78 Å². The Morgan fingerprint density at radius 3 is 2.36 bits per heavy atom. The Hall–Kier alpha value is -4.43. The highest BCUT2D eigenvalue weighted by Crippen LogP contribution is 2.33. The number of amides is 2. The largest absolute Gasteiger partial charge is 0.453 e. The first kappa shape index (κ1) is 26.2. The van der Waals surface area contributed by atoms with Gasteiger partial charge >= 0.3 is 6.09 Å². The van der Waals surface area contributed by atoms with E-state index in [1.807, 2.05) is 53.6 Å². The highest BCUT2D eigenvalue weighted by Gasteiger charge is 2.36. The van der Waals surface area contributed by atoms with E-state index in [9.17, 15) is 9.59 Å². The summed E-state index contributed by atoms with van der Waals surface area (Å²) in [6.45, 7) is 1.04. The van der Waals surface area contributed by atoms with E-state index >= 15 is 0 Å². The summed E-state index contributed by atoms with van der Waals surface area (Å²) in [6.07, 6.45) is 3.17. The topological polar surface area (TPSA) is 113 Å². The Bertz CT molecular complexity index is 1400. The van der Waals surface area contributed by atoms with Crippen LogP contribution in [0.15, 0.2) is 85.1 Å². The SMILES string of the molecule is COC(=O)NC(Cc1ccc(CN)cc1)C(=O)N1CCCC1c1ncc(-c2ccc(-c3ccccc3)cc2)[nH]1. The Labute approximate surface area is 228 Å². The molecule has 0 radical (unpaired) electrons. The van der Waals surface area contributed by atoms with Gasteiger partial charge in [0, 0.05) is 19.5 Å². The number of carbonyl (C=O) groups excluding carboxylic acids is 2. The van der Waals surface area contributed by atoms with Crippen LogP contribution < -0.4 is 11.1 Å². The average Bonchev–Trinajstić information content (AvgIpc) is 3.68. The summed E-state index contributed by atoms with van der Waals surface area (Å²) >= 11 is 0. The number of aromatic amines is 1. The number of rotatable bonds is 8. The Balaban J connectivity index is 1.33. The van der Waals surface area contributed by atoms with Gasteiger partial charge in [-0.2, -0.15) is 0 Å². The third kappa shape index (κ3) is 6.02. The van der Waals surface area contributed by atoms with Gasteiger partial charge in [0.25, 0.3) is 0 Å². The number of hydrogen-bond acceptors (Lipinski definition) is 5. The van der Waals surface area contributed by atoms with Crippen LogP contribution >= 0.6 is 0 Å². The monoisotopic (exact) mass is 523 g/mol. The van der Waals surface area contributed by atoms with Crippen molar-refractivity contribution in [1.29, 1.82) is 0 Å². The number of imidazole rings is 1. The third-order valence-electron chi connectivity index (χ3n) is 7.22. The van der Waals surface area contributed by atoms with E-state index in [2.05, 4.69) is 51.7 Å². The standard InChI is InChI=1S/C31H33N5O3/c1-39-31(38)35-26(18-21-9-11-22(19-32)12-10-21)30(37)36-17-5-8-28(36)29-33-20-27(34-29)25-15-13-24(14-16-25)23-6-3-2-4-7-23/h2-4,6-7,9-16,20,26,28H,5,8,17-19,32H2,1H3,(H,33,34)(H,35,38). The number of nitrogens with two attached hydrogens (primary N) is 1. The van der Waals surface area contributed by atoms with Gasteiger partial charge in [0.2, 0.25) is 5.91 Å². The minimum absolute atomic E-state index is 0.157. The lowest BCUT2D eigenvalue weighted by Crippen LogP contribution is -2.49. The average molecular weight is 524 g/mol. The first-order chi connectivity index (χ1) is 19.1. The van der Waals surface area contributed by atoms with E-state index in [-0.39, 0.29) is 11.9 Å². The summed E-state index contributed by atoms with van der Waals surface area (Å²) in [7, 11) is 1.29. The van der Waals surface area contributed by atoms with Crippen LogP contribution in [0.4, 0.5) is 4.79 Å². The van der Waals surface area contributed by atoms with E-state index in [4.69, 9.17) is 10.5 Å². The molecule has 3 aromatic carbocycles. The molecule has 200 valence electrons. The van der Waals surface area contributed by atoms with Crippen LogP contribution in [-0.2, 0) is 22.5 Å². The predicted octanol–water partition coefficient (Wildman–Crippen LogP) is 4.83. The van der Waals surface area contributed by atoms with Crippen molar-refractivity contribution in [3.8, 4) is 22.4 Å². The third-order valence-corrected chi connectivity index (χ3v) is 7.22. The highest BCUT2D eigenvalue weighted by atomic mass is 16.5. The van der Waals surface area contributed by atoms with Crippen LogP contribution in [0.3, 0.4) is 0 Å². The van der Waals surface area contributed by atoms with Crippen molar-refractivity contribution >= 4 is 12.0 Å². The molecule has 0 spiro atoms. The summed E-state index contributed by atoms with van der Waals surface area (Å²) in [5, 5.41) is 2.73. The first-order valence-electron chi connectivity index (χ1n) is 13.2. The summed E-state index contributed by atoms with van der Waals surface area (Å²) in [6, 6.07) is 25.4. The van der Waals surface area contributed by atoms with Crippen LogP contribution in [0.1, 0.15) is 35.8 Å². The zero-order valence-corrected chi connectivity index (χ0v) is 22.0. The Morgan fingerprint density at radius 1 is 1.00 bits per heavy atom. The fourth-order valence-corrected chi connectivity index (χ4v) is 5.09. The van der Waals surface area contributed by atoms with E-state index in [1.54, 1.807) is 0 Å². The number of nitrogens with zero attached hydrogens (tertiary/aromatic N) is 2. The molecule has 2 atom stereocenters. The molecular formula is C31H33N5O3. The summed E-state index contributed by atoms with van der Waals surface area (Å²) in [5.74, 6) is 0.586. The minimum Gasteiger partial charge on any atom is -0.453 e. The van der Waals surface area contributed by atoms with Crippen LogP contribution in [-0.4, -0.2) is 46.6 Å². The van der Waals surface area contributed by atoms with Crippen molar-refractivity contribution in [1.82, 2.24) is 20.2 Å². The maximum absolute atomic E-state index is 13.8. The molecule has 1 aliphatic heterocycles. The molecule has 0 aliphatic carbocycles. The maximum atomic E-state index is 13.8. The smallest absolute Gasteiger partial charge is 0.407 e. The molecule has 4 N–H and O–H groups in total. The Kier molecular flexibility index (Phi) is 8.03. The molecule has 8 nitrogen and oxygen atoms in total. The first-order valence-corrected chi connectivity index (χ1v) is 13.2. The van der Waals surface area contributed by atoms with Crippen molar-refractivity contribution in [3.05, 3.63) is 102 Å². The molecule has 2 amide bonds. The molecule has 0 bridgehead atoms.